The van der Waals surface area contributed by atoms with Crippen LogP contribution in [-0.2, 0) is 4.79 Å². The third-order valence-electron chi connectivity index (χ3n) is 3.93. The second-order valence-electron chi connectivity index (χ2n) is 5.62. The van der Waals surface area contributed by atoms with Crippen molar-refractivity contribution in [3.05, 3.63) is 48.5 Å². The van der Waals surface area contributed by atoms with Gasteiger partial charge in [-0.15, -0.1) is 10.2 Å². The van der Waals surface area contributed by atoms with Gasteiger partial charge in [-0.05, 0) is 31.2 Å². The van der Waals surface area contributed by atoms with E-state index in [1.807, 2.05) is 53.8 Å². The number of anilines is 1. The number of methoxy groups -OCH3 is 1. The average Bonchev–Trinajstić information content (AvgIpc) is 3.22. The number of para-hydroxylation sites is 3. The predicted octanol–water partition coefficient (Wildman–Crippen LogP) is 4.07. The van der Waals surface area contributed by atoms with Gasteiger partial charge in [0.15, 0.2) is 5.16 Å². The second kappa shape index (κ2) is 6.97. The maximum atomic E-state index is 12.6. The van der Waals surface area contributed by atoms with Gasteiger partial charge in [0.25, 0.3) is 0 Å². The number of nitrogens with one attached hydrogen (secondary N) is 1. The van der Waals surface area contributed by atoms with Gasteiger partial charge in [-0.25, -0.2) is 0 Å². The van der Waals surface area contributed by atoms with Crippen molar-refractivity contribution in [1.29, 1.82) is 0 Å². The van der Waals surface area contributed by atoms with Crippen LogP contribution >= 0.6 is 23.1 Å². The zero-order chi connectivity index (χ0) is 18.1. The van der Waals surface area contributed by atoms with Crippen LogP contribution in [0.4, 0.5) is 5.69 Å². The minimum absolute atomic E-state index is 0.115. The Bertz CT molecular complexity index is 1090. The molecule has 4 rings (SSSR count). The van der Waals surface area contributed by atoms with Crippen molar-refractivity contribution in [2.75, 3.05) is 12.4 Å². The highest BCUT2D eigenvalue weighted by Gasteiger charge is 2.20. The van der Waals surface area contributed by atoms with Gasteiger partial charge in [0.2, 0.25) is 10.9 Å². The van der Waals surface area contributed by atoms with E-state index < -0.39 is 0 Å². The number of carbonyl (C=O) groups is 1. The lowest BCUT2D eigenvalue weighted by atomic mass is 10.3. The van der Waals surface area contributed by atoms with Crippen molar-refractivity contribution in [1.82, 2.24) is 14.6 Å². The van der Waals surface area contributed by atoms with E-state index in [-0.39, 0.29) is 11.2 Å². The average molecular weight is 384 g/mol. The molecule has 26 heavy (non-hydrogen) atoms. The minimum Gasteiger partial charge on any atom is -0.495 e. The maximum absolute atomic E-state index is 12.6. The smallest absolute Gasteiger partial charge is 0.237 e. The van der Waals surface area contributed by atoms with E-state index in [9.17, 15) is 4.79 Å². The number of fused-ring (bicyclic) bond motifs is 3. The lowest BCUT2D eigenvalue weighted by Gasteiger charge is -2.13. The Hall–Kier alpha value is -2.58. The standard InChI is InChI=1S/C18H16N4O2S2/c1-11(16(23)19-12-7-3-5-9-14(12)24-2)25-17-20-21-18-22(17)13-8-4-6-10-15(13)26-18/h3-11H,1-2H3,(H,19,23). The van der Waals surface area contributed by atoms with Gasteiger partial charge in [-0.2, -0.15) is 0 Å². The third-order valence-corrected chi connectivity index (χ3v) is 5.98. The summed E-state index contributed by atoms with van der Waals surface area (Å²) >= 11 is 2.97. The van der Waals surface area contributed by atoms with Crippen LogP contribution in [0.3, 0.4) is 0 Å². The van der Waals surface area contributed by atoms with Crippen LogP contribution in [0.15, 0.2) is 53.7 Å². The quantitative estimate of drug-likeness (QED) is 0.525. The maximum Gasteiger partial charge on any atom is 0.237 e. The summed E-state index contributed by atoms with van der Waals surface area (Å²) in [6.45, 7) is 1.85. The highest BCUT2D eigenvalue weighted by atomic mass is 32.2. The van der Waals surface area contributed by atoms with E-state index in [0.717, 1.165) is 15.2 Å². The summed E-state index contributed by atoms with van der Waals surface area (Å²) < 4.78 is 8.42. The van der Waals surface area contributed by atoms with E-state index in [1.165, 1.54) is 11.8 Å². The number of thioether (sulfide) groups is 1. The fraction of sp³-hybridized carbons (Fsp3) is 0.167. The largest absolute Gasteiger partial charge is 0.495 e. The summed E-state index contributed by atoms with van der Waals surface area (Å²) in [4.78, 5) is 13.4. The predicted molar refractivity (Wildman–Crippen MR) is 105 cm³/mol. The monoisotopic (exact) mass is 384 g/mol. The Morgan fingerprint density at radius 1 is 1.19 bits per heavy atom. The van der Waals surface area contributed by atoms with E-state index >= 15 is 0 Å². The molecule has 0 aliphatic heterocycles. The molecule has 2 aromatic carbocycles. The Balaban J connectivity index is 1.57. The number of rotatable bonds is 5. The summed E-state index contributed by atoms with van der Waals surface area (Å²) in [5.41, 5.74) is 1.71. The zero-order valence-electron chi connectivity index (χ0n) is 14.2. The Kier molecular flexibility index (Phi) is 4.52. The summed E-state index contributed by atoms with van der Waals surface area (Å²) in [6, 6.07) is 15.4. The van der Waals surface area contributed by atoms with Crippen molar-refractivity contribution in [2.24, 2.45) is 0 Å². The highest BCUT2D eigenvalue weighted by Crippen LogP contribution is 2.31. The van der Waals surface area contributed by atoms with Crippen LogP contribution in [0.1, 0.15) is 6.92 Å². The highest BCUT2D eigenvalue weighted by molar-refractivity contribution is 8.00. The molecule has 4 aromatic rings. The molecule has 0 radical (unpaired) electrons. The van der Waals surface area contributed by atoms with E-state index in [1.54, 1.807) is 18.4 Å². The number of hydrogen-bond acceptors (Lipinski definition) is 6. The summed E-state index contributed by atoms with van der Waals surface area (Å²) in [5, 5.41) is 11.8. The molecular formula is C18H16N4O2S2. The summed E-state index contributed by atoms with van der Waals surface area (Å²) in [5.74, 6) is 0.516. The van der Waals surface area contributed by atoms with Crippen LogP contribution in [0.2, 0.25) is 0 Å². The van der Waals surface area contributed by atoms with Gasteiger partial charge in [0, 0.05) is 0 Å². The first-order valence-electron chi connectivity index (χ1n) is 8.00. The molecule has 6 nitrogen and oxygen atoms in total. The molecule has 1 atom stereocenters. The van der Waals surface area contributed by atoms with Crippen LogP contribution in [0.25, 0.3) is 15.2 Å². The summed E-state index contributed by atoms with van der Waals surface area (Å²) in [6.07, 6.45) is 0. The first-order valence-corrected chi connectivity index (χ1v) is 9.70. The Morgan fingerprint density at radius 3 is 2.81 bits per heavy atom. The summed E-state index contributed by atoms with van der Waals surface area (Å²) in [7, 11) is 1.58. The second-order valence-corrected chi connectivity index (χ2v) is 7.94. The molecule has 1 N–H and O–H groups in total. The number of ether oxygens (including phenoxy) is 1. The first-order chi connectivity index (χ1) is 12.7. The normalized spacial score (nSPS) is 12.4. The van der Waals surface area contributed by atoms with E-state index in [4.69, 9.17) is 4.74 Å². The van der Waals surface area contributed by atoms with Gasteiger partial charge in [-0.1, -0.05) is 47.4 Å². The molecule has 0 saturated carbocycles. The molecule has 0 saturated heterocycles. The molecule has 0 bridgehead atoms. The molecular weight excluding hydrogens is 368 g/mol. The first kappa shape index (κ1) is 16.9. The van der Waals surface area contributed by atoms with Gasteiger partial charge >= 0.3 is 0 Å². The fourth-order valence-electron chi connectivity index (χ4n) is 2.63. The molecule has 0 aliphatic rings. The molecule has 0 fully saturated rings. The van der Waals surface area contributed by atoms with Crippen LogP contribution < -0.4 is 10.1 Å². The van der Waals surface area contributed by atoms with Crippen LogP contribution in [-0.4, -0.2) is 32.9 Å². The topological polar surface area (TPSA) is 68.5 Å². The molecule has 1 unspecified atom stereocenters. The molecule has 2 heterocycles. The Labute approximate surface area is 158 Å². The van der Waals surface area contributed by atoms with Crippen molar-refractivity contribution in [3.63, 3.8) is 0 Å². The van der Waals surface area contributed by atoms with Crippen molar-refractivity contribution in [3.8, 4) is 5.75 Å². The van der Waals surface area contributed by atoms with E-state index in [0.29, 0.717) is 16.6 Å². The number of benzene rings is 2. The molecule has 1 amide bonds. The number of carbonyl (C=O) groups excluding carboxylic acids is 1. The van der Waals surface area contributed by atoms with Crippen LogP contribution in [0, 0.1) is 0 Å². The van der Waals surface area contributed by atoms with Crippen molar-refractivity contribution < 1.29 is 9.53 Å². The van der Waals surface area contributed by atoms with Crippen LogP contribution in [0.5, 0.6) is 5.75 Å². The van der Waals surface area contributed by atoms with E-state index in [2.05, 4.69) is 21.6 Å². The lowest BCUT2D eigenvalue weighted by Crippen LogP contribution is -2.23. The van der Waals surface area contributed by atoms with Gasteiger partial charge in [0.1, 0.15) is 5.75 Å². The Morgan fingerprint density at radius 2 is 1.96 bits per heavy atom. The number of thiazole rings is 1. The van der Waals surface area contributed by atoms with Gasteiger partial charge in [0.05, 0.1) is 28.3 Å². The molecule has 8 heteroatoms. The minimum atomic E-state index is -0.342. The number of aromatic nitrogens is 3. The number of hydrogen-bond donors (Lipinski definition) is 1. The fourth-order valence-corrected chi connectivity index (χ4v) is 4.51. The number of amides is 1. The third kappa shape index (κ3) is 3.02. The molecule has 0 spiro atoms. The number of nitrogens with zero attached hydrogens (tertiary/aromatic N) is 3. The molecule has 0 aliphatic carbocycles. The zero-order valence-corrected chi connectivity index (χ0v) is 15.8. The molecule has 132 valence electrons. The van der Waals surface area contributed by atoms with Gasteiger partial charge < -0.3 is 10.1 Å². The van der Waals surface area contributed by atoms with Crippen molar-refractivity contribution in [2.45, 2.75) is 17.3 Å². The SMILES string of the molecule is COc1ccccc1NC(=O)C(C)Sc1nnc2sc3ccccc3n12. The van der Waals surface area contributed by atoms with Crippen molar-refractivity contribution >= 4 is 49.9 Å². The molecule has 2 aromatic heterocycles. The lowest BCUT2D eigenvalue weighted by molar-refractivity contribution is -0.115. The van der Waals surface area contributed by atoms with Gasteiger partial charge in [-0.3, -0.25) is 9.20 Å².